The summed E-state index contributed by atoms with van der Waals surface area (Å²) >= 11 is 0. The molecule has 7 heteroatoms. The van der Waals surface area contributed by atoms with Crippen molar-refractivity contribution in [1.29, 1.82) is 0 Å². The number of anilines is 1. The molecule has 1 N–H and O–H groups in total. The Morgan fingerprint density at radius 2 is 1.86 bits per heavy atom. The Morgan fingerprint density at radius 1 is 1.06 bits per heavy atom. The highest BCUT2D eigenvalue weighted by Crippen LogP contribution is 2.40. The maximum atomic E-state index is 8.12. The first-order valence-corrected chi connectivity index (χ1v) is 12.7. The zero-order chi connectivity index (χ0) is 25.3. The summed E-state index contributed by atoms with van der Waals surface area (Å²) in [7, 11) is 1.70. The molecule has 1 aliphatic carbocycles. The van der Waals surface area contributed by atoms with Crippen LogP contribution in [0.25, 0.3) is 11.1 Å². The van der Waals surface area contributed by atoms with E-state index in [1.165, 1.54) is 54.6 Å². The zero-order valence-electron chi connectivity index (χ0n) is 21.2. The number of methoxy groups -OCH3 is 1. The van der Waals surface area contributed by atoms with Gasteiger partial charge in [0.05, 0.1) is 12.8 Å². The number of carbonyl (C=O) groups excluding carboxylic acids is 2. The topological polar surface area (TPSA) is 84.4 Å². The average molecular weight is 487 g/mol. The number of aromatic nitrogens is 2. The van der Waals surface area contributed by atoms with E-state index in [0.29, 0.717) is 6.42 Å². The quantitative estimate of drug-likeness (QED) is 0.363. The number of fused-ring (bicyclic) bond motifs is 3. The average Bonchev–Trinajstić information content (AvgIpc) is 3.25. The lowest BCUT2D eigenvalue weighted by Crippen LogP contribution is -2.31. The van der Waals surface area contributed by atoms with Crippen LogP contribution >= 0.6 is 0 Å². The summed E-state index contributed by atoms with van der Waals surface area (Å²) in [5.74, 6) is 2.72. The lowest BCUT2D eigenvalue weighted by molar-refractivity contribution is -0.191. The summed E-state index contributed by atoms with van der Waals surface area (Å²) in [6.45, 7) is 6.75. The SMILES string of the molecule is COc1cccc(Cc2nc3c(c(NCCCN4CCCCC4)n2)-c2ccc(C)cc2C3)c1.O=C=O. The molecule has 1 aromatic heterocycles. The van der Waals surface area contributed by atoms with Crippen molar-refractivity contribution in [1.82, 2.24) is 14.9 Å². The Labute approximate surface area is 212 Å². The minimum Gasteiger partial charge on any atom is -0.497 e. The van der Waals surface area contributed by atoms with E-state index in [1.54, 1.807) is 7.11 Å². The number of hydrogen-bond acceptors (Lipinski definition) is 7. The van der Waals surface area contributed by atoms with Crippen molar-refractivity contribution in [2.24, 2.45) is 0 Å². The molecule has 0 atom stereocenters. The van der Waals surface area contributed by atoms with Crippen molar-refractivity contribution < 1.29 is 14.3 Å². The largest absolute Gasteiger partial charge is 0.497 e. The van der Waals surface area contributed by atoms with E-state index in [2.05, 4.69) is 47.5 Å². The van der Waals surface area contributed by atoms with Crippen LogP contribution in [0, 0.1) is 6.92 Å². The number of hydrogen-bond donors (Lipinski definition) is 1. The van der Waals surface area contributed by atoms with Crippen molar-refractivity contribution >= 4 is 12.0 Å². The van der Waals surface area contributed by atoms with Gasteiger partial charge in [-0.15, -0.1) is 0 Å². The molecule has 7 nitrogen and oxygen atoms in total. The minimum absolute atomic E-state index is 0.250. The van der Waals surface area contributed by atoms with Gasteiger partial charge in [-0.1, -0.05) is 42.3 Å². The van der Waals surface area contributed by atoms with Gasteiger partial charge in [-0.3, -0.25) is 0 Å². The summed E-state index contributed by atoms with van der Waals surface area (Å²) in [5.41, 5.74) is 7.43. The fourth-order valence-electron chi connectivity index (χ4n) is 5.13. The molecule has 188 valence electrons. The van der Waals surface area contributed by atoms with E-state index in [1.807, 2.05) is 12.1 Å². The van der Waals surface area contributed by atoms with Crippen molar-refractivity contribution in [2.45, 2.75) is 45.4 Å². The zero-order valence-corrected chi connectivity index (χ0v) is 21.2. The fourth-order valence-corrected chi connectivity index (χ4v) is 5.13. The van der Waals surface area contributed by atoms with E-state index in [0.717, 1.165) is 54.6 Å². The third kappa shape index (κ3) is 6.36. The number of nitrogens with zero attached hydrogens (tertiary/aromatic N) is 3. The van der Waals surface area contributed by atoms with Crippen LogP contribution in [-0.2, 0) is 22.4 Å². The fraction of sp³-hybridized carbons (Fsp3) is 0.414. The van der Waals surface area contributed by atoms with Crippen LogP contribution < -0.4 is 10.1 Å². The number of piperidine rings is 1. The highest BCUT2D eigenvalue weighted by molar-refractivity contribution is 5.84. The molecule has 36 heavy (non-hydrogen) atoms. The molecule has 1 saturated heterocycles. The Hall–Kier alpha value is -3.54. The second-order valence-electron chi connectivity index (χ2n) is 9.44. The monoisotopic (exact) mass is 486 g/mol. The molecule has 0 unspecified atom stereocenters. The van der Waals surface area contributed by atoms with Crippen LogP contribution in [0.2, 0.25) is 0 Å². The summed E-state index contributed by atoms with van der Waals surface area (Å²) < 4.78 is 5.40. The number of ether oxygens (including phenoxy) is 1. The number of aryl methyl sites for hydroxylation is 1. The van der Waals surface area contributed by atoms with Gasteiger partial charge in [0, 0.05) is 24.9 Å². The first-order valence-electron chi connectivity index (χ1n) is 12.7. The van der Waals surface area contributed by atoms with E-state index in [9.17, 15) is 0 Å². The van der Waals surface area contributed by atoms with Gasteiger partial charge in [-0.05, 0) is 74.6 Å². The highest BCUT2D eigenvalue weighted by atomic mass is 16.5. The summed E-state index contributed by atoms with van der Waals surface area (Å²) in [6, 6.07) is 14.9. The summed E-state index contributed by atoms with van der Waals surface area (Å²) in [5, 5.41) is 3.69. The van der Waals surface area contributed by atoms with E-state index >= 15 is 0 Å². The molecule has 5 rings (SSSR count). The third-order valence-corrected chi connectivity index (χ3v) is 6.81. The van der Waals surface area contributed by atoms with Crippen molar-refractivity contribution in [3.63, 3.8) is 0 Å². The second-order valence-corrected chi connectivity index (χ2v) is 9.44. The van der Waals surface area contributed by atoms with Gasteiger partial charge in [0.1, 0.15) is 17.4 Å². The van der Waals surface area contributed by atoms with Crippen LogP contribution in [0.15, 0.2) is 42.5 Å². The molecule has 0 amide bonds. The Balaban J connectivity index is 0.000000967. The Kier molecular flexibility index (Phi) is 8.82. The Bertz CT molecular complexity index is 1220. The van der Waals surface area contributed by atoms with Crippen molar-refractivity contribution in [2.75, 3.05) is 38.6 Å². The molecular weight excluding hydrogens is 452 g/mol. The third-order valence-electron chi connectivity index (χ3n) is 6.81. The number of nitrogens with one attached hydrogen (secondary N) is 1. The normalized spacial score (nSPS) is 14.2. The van der Waals surface area contributed by atoms with Crippen LogP contribution in [0.3, 0.4) is 0 Å². The first kappa shape index (κ1) is 25.5. The molecule has 1 aliphatic heterocycles. The maximum absolute atomic E-state index is 8.12. The van der Waals surface area contributed by atoms with E-state index in [4.69, 9.17) is 24.3 Å². The lowest BCUT2D eigenvalue weighted by atomic mass is 10.0. The highest BCUT2D eigenvalue weighted by Gasteiger charge is 2.25. The molecule has 0 saturated carbocycles. The molecular formula is C29H34N4O3. The molecule has 2 heterocycles. The van der Waals surface area contributed by atoms with Gasteiger partial charge in [-0.2, -0.15) is 9.59 Å². The number of benzene rings is 2. The van der Waals surface area contributed by atoms with Gasteiger partial charge >= 0.3 is 6.15 Å². The van der Waals surface area contributed by atoms with Crippen LogP contribution in [0.1, 0.15) is 53.9 Å². The van der Waals surface area contributed by atoms with Crippen LogP contribution in [-0.4, -0.2) is 54.3 Å². The smallest absolute Gasteiger partial charge is 0.373 e. The first-order chi connectivity index (χ1) is 17.6. The van der Waals surface area contributed by atoms with E-state index < -0.39 is 0 Å². The molecule has 1 fully saturated rings. The maximum Gasteiger partial charge on any atom is 0.373 e. The van der Waals surface area contributed by atoms with Gasteiger partial charge < -0.3 is 15.0 Å². The molecule has 2 aromatic carbocycles. The van der Waals surface area contributed by atoms with E-state index in [-0.39, 0.29) is 6.15 Å². The predicted molar refractivity (Wildman–Crippen MR) is 139 cm³/mol. The summed E-state index contributed by atoms with van der Waals surface area (Å²) in [4.78, 5) is 28.9. The lowest BCUT2D eigenvalue weighted by Gasteiger charge is -2.26. The standard InChI is InChI=1S/C28H34N4O.CO2/c1-20-10-11-24-22(16-20)19-25-27(24)28(29-12-7-15-32-13-4-3-5-14-32)31-26(30-25)18-21-8-6-9-23(17-21)33-2;2-1-3/h6,8-11,16-17H,3-5,7,12-15,18-19H2,1-2H3,(H,29,30,31);. The van der Waals surface area contributed by atoms with Crippen LogP contribution in [0.5, 0.6) is 5.75 Å². The molecule has 3 aromatic rings. The van der Waals surface area contributed by atoms with Gasteiger partial charge in [-0.25, -0.2) is 9.97 Å². The Morgan fingerprint density at radius 3 is 2.64 bits per heavy atom. The molecule has 0 radical (unpaired) electrons. The molecule has 0 spiro atoms. The van der Waals surface area contributed by atoms with Gasteiger partial charge in [0.15, 0.2) is 0 Å². The number of rotatable bonds is 8. The summed E-state index contributed by atoms with van der Waals surface area (Å²) in [6.07, 6.45) is 7.03. The second kappa shape index (κ2) is 12.4. The predicted octanol–water partition coefficient (Wildman–Crippen LogP) is 4.66. The van der Waals surface area contributed by atoms with Crippen LogP contribution in [0.4, 0.5) is 5.82 Å². The van der Waals surface area contributed by atoms with Gasteiger partial charge in [0.2, 0.25) is 0 Å². The molecule has 0 bridgehead atoms. The van der Waals surface area contributed by atoms with Crippen molar-refractivity contribution in [3.8, 4) is 16.9 Å². The van der Waals surface area contributed by atoms with Crippen molar-refractivity contribution in [3.05, 3.63) is 70.7 Å². The molecule has 2 aliphatic rings. The minimum atomic E-state index is 0.250. The number of likely N-dealkylation sites (tertiary alicyclic amines) is 1. The van der Waals surface area contributed by atoms with Gasteiger partial charge in [0.25, 0.3) is 0 Å².